The minimum absolute atomic E-state index is 0.0891. The molecule has 2 amide bonds. The first kappa shape index (κ1) is 19.3. The van der Waals surface area contributed by atoms with E-state index in [4.69, 9.17) is 4.74 Å². The Hall–Kier alpha value is -3.07. The first-order chi connectivity index (χ1) is 12.3. The van der Waals surface area contributed by atoms with Crippen molar-refractivity contribution in [2.24, 2.45) is 0 Å². The molecule has 9 heteroatoms. The van der Waals surface area contributed by atoms with Gasteiger partial charge in [-0.15, -0.1) is 0 Å². The fraction of sp³-hybridized carbons (Fsp3) is 0.176. The SMILES string of the molecule is CNC(=O)c1ccccc1NS(=O)(=O)c1ccc(OC)c(NC(C)=O)c1. The second-order valence-corrected chi connectivity index (χ2v) is 6.96. The van der Waals surface area contributed by atoms with Gasteiger partial charge in [0.2, 0.25) is 5.91 Å². The molecule has 0 bridgehead atoms. The quantitative estimate of drug-likeness (QED) is 0.710. The number of para-hydroxylation sites is 1. The second kappa shape index (κ2) is 7.87. The van der Waals surface area contributed by atoms with Gasteiger partial charge < -0.3 is 15.4 Å². The van der Waals surface area contributed by atoms with Crippen molar-refractivity contribution in [1.82, 2.24) is 5.32 Å². The predicted molar refractivity (Wildman–Crippen MR) is 97.9 cm³/mol. The van der Waals surface area contributed by atoms with Crippen LogP contribution in [0.2, 0.25) is 0 Å². The van der Waals surface area contributed by atoms with E-state index in [1.165, 1.54) is 51.4 Å². The van der Waals surface area contributed by atoms with Crippen LogP contribution in [-0.4, -0.2) is 34.4 Å². The molecule has 0 radical (unpaired) electrons. The molecule has 26 heavy (non-hydrogen) atoms. The Morgan fingerprint density at radius 3 is 2.35 bits per heavy atom. The first-order valence-electron chi connectivity index (χ1n) is 7.58. The van der Waals surface area contributed by atoms with Crippen LogP contribution in [0.25, 0.3) is 0 Å². The Balaban J connectivity index is 2.43. The lowest BCUT2D eigenvalue weighted by Gasteiger charge is -2.14. The van der Waals surface area contributed by atoms with Crippen molar-refractivity contribution in [3.8, 4) is 5.75 Å². The van der Waals surface area contributed by atoms with Crippen LogP contribution < -0.4 is 20.1 Å². The van der Waals surface area contributed by atoms with E-state index < -0.39 is 15.9 Å². The number of rotatable bonds is 6. The third kappa shape index (κ3) is 4.31. The molecule has 0 aliphatic rings. The average Bonchev–Trinajstić information content (AvgIpc) is 2.60. The predicted octanol–water partition coefficient (Wildman–Crippen LogP) is 1.81. The molecule has 3 N–H and O–H groups in total. The van der Waals surface area contributed by atoms with Gasteiger partial charge in [0.15, 0.2) is 0 Å². The lowest BCUT2D eigenvalue weighted by atomic mass is 10.2. The van der Waals surface area contributed by atoms with Crippen molar-refractivity contribution in [3.63, 3.8) is 0 Å². The Kier molecular flexibility index (Phi) is 5.83. The smallest absolute Gasteiger partial charge is 0.261 e. The van der Waals surface area contributed by atoms with Crippen LogP contribution in [-0.2, 0) is 14.8 Å². The Bertz CT molecular complexity index is 941. The minimum Gasteiger partial charge on any atom is -0.495 e. The third-order valence-corrected chi connectivity index (χ3v) is 4.80. The largest absolute Gasteiger partial charge is 0.495 e. The van der Waals surface area contributed by atoms with Gasteiger partial charge in [-0.2, -0.15) is 0 Å². The van der Waals surface area contributed by atoms with E-state index in [1.54, 1.807) is 12.1 Å². The number of carbonyl (C=O) groups excluding carboxylic acids is 2. The Morgan fingerprint density at radius 1 is 1.04 bits per heavy atom. The maximum Gasteiger partial charge on any atom is 0.261 e. The molecule has 138 valence electrons. The zero-order valence-corrected chi connectivity index (χ0v) is 15.3. The molecular weight excluding hydrogens is 358 g/mol. The van der Waals surface area contributed by atoms with Crippen LogP contribution in [0.15, 0.2) is 47.4 Å². The van der Waals surface area contributed by atoms with Gasteiger partial charge in [0.05, 0.1) is 28.9 Å². The summed E-state index contributed by atoms with van der Waals surface area (Å²) >= 11 is 0. The van der Waals surface area contributed by atoms with Crippen LogP contribution in [0.1, 0.15) is 17.3 Å². The lowest BCUT2D eigenvalue weighted by molar-refractivity contribution is -0.114. The van der Waals surface area contributed by atoms with E-state index in [-0.39, 0.29) is 27.7 Å². The highest BCUT2D eigenvalue weighted by molar-refractivity contribution is 7.92. The number of sulfonamides is 1. The fourth-order valence-corrected chi connectivity index (χ4v) is 3.36. The van der Waals surface area contributed by atoms with Crippen LogP contribution >= 0.6 is 0 Å². The van der Waals surface area contributed by atoms with Gasteiger partial charge in [-0.25, -0.2) is 8.42 Å². The molecule has 2 aromatic carbocycles. The number of hydrogen-bond acceptors (Lipinski definition) is 5. The maximum atomic E-state index is 12.7. The summed E-state index contributed by atoms with van der Waals surface area (Å²) in [6, 6.07) is 10.3. The Morgan fingerprint density at radius 2 is 1.73 bits per heavy atom. The van der Waals surface area contributed by atoms with Gasteiger partial charge >= 0.3 is 0 Å². The molecule has 0 heterocycles. The fourth-order valence-electron chi connectivity index (χ4n) is 2.25. The zero-order valence-electron chi connectivity index (χ0n) is 14.5. The third-order valence-electron chi connectivity index (χ3n) is 3.44. The van der Waals surface area contributed by atoms with Gasteiger partial charge in [0, 0.05) is 14.0 Å². The van der Waals surface area contributed by atoms with Crippen molar-refractivity contribution in [2.75, 3.05) is 24.2 Å². The summed E-state index contributed by atoms with van der Waals surface area (Å²) in [6.07, 6.45) is 0. The molecule has 2 aromatic rings. The van der Waals surface area contributed by atoms with Crippen LogP contribution in [0, 0.1) is 0 Å². The minimum atomic E-state index is -4.00. The summed E-state index contributed by atoms with van der Waals surface area (Å²) in [5.41, 5.74) is 0.556. The molecule has 0 fully saturated rings. The van der Waals surface area contributed by atoms with Gasteiger partial charge in [-0.3, -0.25) is 14.3 Å². The Labute approximate surface area is 151 Å². The van der Waals surface area contributed by atoms with Crippen molar-refractivity contribution in [1.29, 1.82) is 0 Å². The second-order valence-electron chi connectivity index (χ2n) is 5.27. The van der Waals surface area contributed by atoms with Gasteiger partial charge in [0.25, 0.3) is 15.9 Å². The lowest BCUT2D eigenvalue weighted by Crippen LogP contribution is -2.21. The number of amides is 2. The van der Waals surface area contributed by atoms with E-state index in [9.17, 15) is 18.0 Å². The molecule has 0 aromatic heterocycles. The molecule has 8 nitrogen and oxygen atoms in total. The molecule has 0 aliphatic heterocycles. The first-order valence-corrected chi connectivity index (χ1v) is 9.06. The summed E-state index contributed by atoms with van der Waals surface area (Å²) < 4.78 is 32.9. The van der Waals surface area contributed by atoms with Crippen molar-refractivity contribution in [2.45, 2.75) is 11.8 Å². The van der Waals surface area contributed by atoms with Crippen molar-refractivity contribution < 1.29 is 22.7 Å². The summed E-state index contributed by atoms with van der Waals surface area (Å²) in [4.78, 5) is 23.1. The van der Waals surface area contributed by atoms with Gasteiger partial charge in [0.1, 0.15) is 5.75 Å². The van der Waals surface area contributed by atoms with Crippen LogP contribution in [0.3, 0.4) is 0 Å². The van der Waals surface area contributed by atoms with Crippen molar-refractivity contribution in [3.05, 3.63) is 48.0 Å². The number of nitrogens with one attached hydrogen (secondary N) is 3. The van der Waals surface area contributed by atoms with Crippen LogP contribution in [0.4, 0.5) is 11.4 Å². The summed E-state index contributed by atoms with van der Waals surface area (Å²) in [6.45, 7) is 1.30. The molecule has 0 saturated heterocycles. The van der Waals surface area contributed by atoms with Gasteiger partial charge in [-0.1, -0.05) is 12.1 Å². The molecule has 0 aliphatic carbocycles. The monoisotopic (exact) mass is 377 g/mol. The summed E-state index contributed by atoms with van der Waals surface area (Å²) in [5.74, 6) is -0.461. The topological polar surface area (TPSA) is 114 Å². The van der Waals surface area contributed by atoms with E-state index in [1.807, 2.05) is 0 Å². The molecule has 0 spiro atoms. The number of ether oxygens (including phenoxy) is 1. The molecule has 0 atom stereocenters. The standard InChI is InChI=1S/C17H19N3O5S/c1-11(21)19-15-10-12(8-9-16(15)25-3)26(23,24)20-14-7-5-4-6-13(14)17(22)18-2/h4-10,20H,1-3H3,(H,18,22)(H,19,21). The van der Waals surface area contributed by atoms with E-state index >= 15 is 0 Å². The maximum absolute atomic E-state index is 12.7. The highest BCUT2D eigenvalue weighted by Crippen LogP contribution is 2.29. The highest BCUT2D eigenvalue weighted by atomic mass is 32.2. The van der Waals surface area contributed by atoms with E-state index in [2.05, 4.69) is 15.4 Å². The highest BCUT2D eigenvalue weighted by Gasteiger charge is 2.20. The number of hydrogen-bond donors (Lipinski definition) is 3. The molecule has 0 unspecified atom stereocenters. The molecule has 2 rings (SSSR count). The zero-order chi connectivity index (χ0) is 19.3. The normalized spacial score (nSPS) is 10.7. The summed E-state index contributed by atoms with van der Waals surface area (Å²) in [5, 5.41) is 4.97. The van der Waals surface area contributed by atoms with Crippen molar-refractivity contribution >= 4 is 33.2 Å². The molecular formula is C17H19N3O5S. The number of anilines is 2. The summed E-state index contributed by atoms with van der Waals surface area (Å²) in [7, 11) is -1.13. The van der Waals surface area contributed by atoms with Crippen LogP contribution in [0.5, 0.6) is 5.75 Å². The molecule has 0 saturated carbocycles. The number of methoxy groups -OCH3 is 1. The number of carbonyl (C=O) groups is 2. The average molecular weight is 377 g/mol. The van der Waals surface area contributed by atoms with Gasteiger partial charge in [-0.05, 0) is 30.3 Å². The van der Waals surface area contributed by atoms with E-state index in [0.29, 0.717) is 5.75 Å². The van der Waals surface area contributed by atoms with E-state index in [0.717, 1.165) is 0 Å². The number of benzene rings is 2.